The van der Waals surface area contributed by atoms with Crippen molar-refractivity contribution in [3.8, 4) is 11.4 Å². The van der Waals surface area contributed by atoms with E-state index in [1.54, 1.807) is 0 Å². The summed E-state index contributed by atoms with van der Waals surface area (Å²) >= 11 is 0. The van der Waals surface area contributed by atoms with E-state index in [0.717, 1.165) is 5.56 Å². The van der Waals surface area contributed by atoms with Crippen molar-refractivity contribution < 1.29 is 9.32 Å². The van der Waals surface area contributed by atoms with Gasteiger partial charge in [0, 0.05) is 18.5 Å². The number of nitrogens with two attached hydrogens (primary N) is 1. The van der Waals surface area contributed by atoms with Gasteiger partial charge in [0.15, 0.2) is 0 Å². The second-order valence-corrected chi connectivity index (χ2v) is 3.68. The molecule has 0 aliphatic rings. The third-order valence-corrected chi connectivity index (χ3v) is 2.35. The Kier molecular flexibility index (Phi) is 4.03. The van der Waals surface area contributed by atoms with E-state index in [2.05, 4.69) is 15.5 Å². The number of hydrogen-bond acceptors (Lipinski definition) is 5. The average molecular weight is 246 g/mol. The summed E-state index contributed by atoms with van der Waals surface area (Å²) < 4.78 is 5.09. The largest absolute Gasteiger partial charge is 0.354 e. The zero-order valence-corrected chi connectivity index (χ0v) is 9.80. The standard InChI is InChI=1S/C12H14N4O2/c13-8-10(17)14-7-6-11-15-12(16-18-11)9-4-2-1-3-5-9/h1-5H,6-8,13H2,(H,14,17). The molecule has 18 heavy (non-hydrogen) atoms. The molecule has 0 atom stereocenters. The first-order valence-electron chi connectivity index (χ1n) is 5.64. The first-order valence-corrected chi connectivity index (χ1v) is 5.64. The summed E-state index contributed by atoms with van der Waals surface area (Å²) in [7, 11) is 0. The number of carbonyl (C=O) groups excluding carboxylic acids is 1. The number of hydrogen-bond donors (Lipinski definition) is 2. The third kappa shape index (κ3) is 3.14. The highest BCUT2D eigenvalue weighted by Gasteiger charge is 2.08. The van der Waals surface area contributed by atoms with Crippen LogP contribution >= 0.6 is 0 Å². The molecular formula is C12H14N4O2. The summed E-state index contributed by atoms with van der Waals surface area (Å²) in [6.07, 6.45) is 0.492. The molecule has 1 aromatic carbocycles. The smallest absolute Gasteiger partial charge is 0.233 e. The van der Waals surface area contributed by atoms with Crippen LogP contribution in [-0.4, -0.2) is 29.1 Å². The fraction of sp³-hybridized carbons (Fsp3) is 0.250. The van der Waals surface area contributed by atoms with Gasteiger partial charge in [-0.2, -0.15) is 4.98 Å². The van der Waals surface area contributed by atoms with E-state index in [1.807, 2.05) is 30.3 Å². The molecule has 0 unspecified atom stereocenters. The van der Waals surface area contributed by atoms with Crippen molar-refractivity contribution in [1.29, 1.82) is 0 Å². The Balaban J connectivity index is 1.93. The van der Waals surface area contributed by atoms with Gasteiger partial charge in [-0.15, -0.1) is 0 Å². The topological polar surface area (TPSA) is 94.0 Å². The maximum absolute atomic E-state index is 10.9. The molecule has 0 spiro atoms. The zero-order valence-electron chi connectivity index (χ0n) is 9.80. The zero-order chi connectivity index (χ0) is 12.8. The van der Waals surface area contributed by atoms with Crippen molar-refractivity contribution in [3.63, 3.8) is 0 Å². The van der Waals surface area contributed by atoms with Gasteiger partial charge in [0.1, 0.15) is 0 Å². The molecule has 1 aromatic heterocycles. The van der Waals surface area contributed by atoms with Gasteiger partial charge < -0.3 is 15.6 Å². The first-order chi connectivity index (χ1) is 8.79. The van der Waals surface area contributed by atoms with E-state index >= 15 is 0 Å². The van der Waals surface area contributed by atoms with E-state index in [-0.39, 0.29) is 12.5 Å². The number of carbonyl (C=O) groups is 1. The molecule has 2 aromatic rings. The van der Waals surface area contributed by atoms with Gasteiger partial charge in [0.2, 0.25) is 17.6 Å². The lowest BCUT2D eigenvalue weighted by Gasteiger charge is -1.99. The number of aromatic nitrogens is 2. The lowest BCUT2D eigenvalue weighted by atomic mass is 10.2. The number of rotatable bonds is 5. The van der Waals surface area contributed by atoms with Gasteiger partial charge in [-0.25, -0.2) is 0 Å². The van der Waals surface area contributed by atoms with Crippen LogP contribution in [0.5, 0.6) is 0 Å². The molecule has 0 aliphatic carbocycles. The molecule has 0 radical (unpaired) electrons. The van der Waals surface area contributed by atoms with E-state index in [1.165, 1.54) is 0 Å². The molecule has 1 heterocycles. The average Bonchev–Trinajstić information content (AvgIpc) is 2.88. The summed E-state index contributed by atoms with van der Waals surface area (Å²) in [4.78, 5) is 15.2. The fourth-order valence-electron chi connectivity index (χ4n) is 1.44. The minimum absolute atomic E-state index is 0.0148. The summed E-state index contributed by atoms with van der Waals surface area (Å²) in [6.45, 7) is 0.422. The third-order valence-electron chi connectivity index (χ3n) is 2.35. The van der Waals surface area contributed by atoms with Crippen molar-refractivity contribution in [3.05, 3.63) is 36.2 Å². The highest BCUT2D eigenvalue weighted by atomic mass is 16.5. The van der Waals surface area contributed by atoms with Gasteiger partial charge in [0.05, 0.1) is 6.54 Å². The van der Waals surface area contributed by atoms with Crippen molar-refractivity contribution >= 4 is 5.91 Å². The Bertz CT molecular complexity index is 510. The Morgan fingerprint density at radius 3 is 2.83 bits per heavy atom. The SMILES string of the molecule is NCC(=O)NCCc1nc(-c2ccccc2)no1. The van der Waals surface area contributed by atoms with Crippen LogP contribution in [0.3, 0.4) is 0 Å². The Morgan fingerprint density at radius 2 is 2.11 bits per heavy atom. The van der Waals surface area contributed by atoms with Gasteiger partial charge in [0.25, 0.3) is 0 Å². The van der Waals surface area contributed by atoms with E-state index < -0.39 is 0 Å². The summed E-state index contributed by atoms with van der Waals surface area (Å²) in [5.74, 6) is 0.847. The molecule has 2 rings (SSSR count). The second kappa shape index (κ2) is 5.92. The predicted molar refractivity (Wildman–Crippen MR) is 65.5 cm³/mol. The van der Waals surface area contributed by atoms with Crippen LogP contribution in [0.1, 0.15) is 5.89 Å². The van der Waals surface area contributed by atoms with Crippen LogP contribution < -0.4 is 11.1 Å². The van der Waals surface area contributed by atoms with Crippen LogP contribution in [0.25, 0.3) is 11.4 Å². The van der Waals surface area contributed by atoms with Gasteiger partial charge in [-0.3, -0.25) is 4.79 Å². The Labute approximate surface area is 104 Å². The van der Waals surface area contributed by atoms with E-state index in [4.69, 9.17) is 10.3 Å². The lowest BCUT2D eigenvalue weighted by molar-refractivity contribution is -0.119. The minimum atomic E-state index is -0.196. The van der Waals surface area contributed by atoms with Crippen LogP contribution in [0.2, 0.25) is 0 Å². The van der Waals surface area contributed by atoms with Gasteiger partial charge in [-0.05, 0) is 0 Å². The minimum Gasteiger partial charge on any atom is -0.354 e. The Morgan fingerprint density at radius 1 is 1.33 bits per heavy atom. The quantitative estimate of drug-likeness (QED) is 0.794. The van der Waals surface area contributed by atoms with Gasteiger partial charge >= 0.3 is 0 Å². The first kappa shape index (κ1) is 12.3. The van der Waals surface area contributed by atoms with Crippen LogP contribution in [0, 0.1) is 0 Å². The van der Waals surface area contributed by atoms with Crippen LogP contribution in [0.4, 0.5) is 0 Å². The number of nitrogens with zero attached hydrogens (tertiary/aromatic N) is 2. The van der Waals surface area contributed by atoms with Crippen molar-refractivity contribution in [2.24, 2.45) is 5.73 Å². The van der Waals surface area contributed by atoms with E-state index in [9.17, 15) is 4.79 Å². The second-order valence-electron chi connectivity index (χ2n) is 3.68. The number of amides is 1. The molecule has 0 bridgehead atoms. The molecule has 1 amide bonds. The predicted octanol–water partition coefficient (Wildman–Crippen LogP) is 0.354. The number of nitrogens with one attached hydrogen (secondary N) is 1. The maximum atomic E-state index is 10.9. The van der Waals surface area contributed by atoms with Crippen LogP contribution in [0.15, 0.2) is 34.9 Å². The molecule has 0 saturated heterocycles. The summed E-state index contributed by atoms with van der Waals surface area (Å²) in [5.41, 5.74) is 6.07. The van der Waals surface area contributed by atoms with E-state index in [0.29, 0.717) is 24.7 Å². The lowest BCUT2D eigenvalue weighted by Crippen LogP contribution is -2.31. The Hall–Kier alpha value is -2.21. The summed E-state index contributed by atoms with van der Waals surface area (Å²) in [6, 6.07) is 9.56. The highest BCUT2D eigenvalue weighted by molar-refractivity contribution is 5.77. The maximum Gasteiger partial charge on any atom is 0.233 e. The summed E-state index contributed by atoms with van der Waals surface area (Å²) in [5, 5.41) is 6.52. The molecule has 94 valence electrons. The molecular weight excluding hydrogens is 232 g/mol. The van der Waals surface area contributed by atoms with Crippen LogP contribution in [-0.2, 0) is 11.2 Å². The molecule has 3 N–H and O–H groups in total. The molecule has 0 saturated carbocycles. The normalized spacial score (nSPS) is 10.3. The molecule has 6 nitrogen and oxygen atoms in total. The molecule has 0 fully saturated rings. The number of benzene rings is 1. The molecule has 0 aliphatic heterocycles. The molecule has 6 heteroatoms. The van der Waals surface area contributed by atoms with Gasteiger partial charge in [-0.1, -0.05) is 35.5 Å². The highest BCUT2D eigenvalue weighted by Crippen LogP contribution is 2.14. The van der Waals surface area contributed by atoms with Crippen molar-refractivity contribution in [2.45, 2.75) is 6.42 Å². The fourth-order valence-corrected chi connectivity index (χ4v) is 1.44. The monoisotopic (exact) mass is 246 g/mol. The van der Waals surface area contributed by atoms with Crippen molar-refractivity contribution in [2.75, 3.05) is 13.1 Å². The van der Waals surface area contributed by atoms with Crippen molar-refractivity contribution in [1.82, 2.24) is 15.5 Å².